The van der Waals surface area contributed by atoms with E-state index in [1.807, 2.05) is 28.7 Å². The maximum atomic E-state index is 5.80. The standard InChI is InChI=1S/C16H16OS2/c1-17-14-15(12-8-4-2-5-9-12)18-19-16(14)13-10-6-3-7-11-13/h2-11,14-16H,1H3. The number of hydrogen-bond donors (Lipinski definition) is 0. The number of methoxy groups -OCH3 is 1. The lowest BCUT2D eigenvalue weighted by atomic mass is 10.00. The molecule has 1 fully saturated rings. The molecule has 2 unspecified atom stereocenters. The molecule has 1 aliphatic rings. The van der Waals surface area contributed by atoms with Crippen molar-refractivity contribution in [2.24, 2.45) is 0 Å². The summed E-state index contributed by atoms with van der Waals surface area (Å²) in [5, 5.41) is 0.808. The van der Waals surface area contributed by atoms with Gasteiger partial charge in [0, 0.05) is 7.11 Å². The van der Waals surface area contributed by atoms with Crippen molar-refractivity contribution in [3.05, 3.63) is 71.8 Å². The molecule has 0 radical (unpaired) electrons. The maximum absolute atomic E-state index is 5.80. The molecule has 1 heterocycles. The zero-order chi connectivity index (χ0) is 13.1. The van der Waals surface area contributed by atoms with E-state index in [9.17, 15) is 0 Å². The van der Waals surface area contributed by atoms with E-state index < -0.39 is 0 Å². The van der Waals surface area contributed by atoms with Crippen LogP contribution in [0.4, 0.5) is 0 Å². The van der Waals surface area contributed by atoms with Crippen molar-refractivity contribution in [3.8, 4) is 0 Å². The van der Waals surface area contributed by atoms with E-state index in [2.05, 4.69) is 60.7 Å². The van der Waals surface area contributed by atoms with Crippen molar-refractivity contribution in [2.75, 3.05) is 7.11 Å². The molecule has 0 aliphatic carbocycles. The van der Waals surface area contributed by atoms with Gasteiger partial charge in [-0.3, -0.25) is 0 Å². The number of ether oxygens (including phenoxy) is 1. The van der Waals surface area contributed by atoms with Crippen molar-refractivity contribution < 1.29 is 4.74 Å². The number of hydrogen-bond acceptors (Lipinski definition) is 3. The molecule has 2 aromatic rings. The molecule has 1 aliphatic heterocycles. The summed E-state index contributed by atoms with van der Waals surface area (Å²) in [6.07, 6.45) is 0.222. The number of rotatable bonds is 3. The lowest BCUT2D eigenvalue weighted by molar-refractivity contribution is 0.101. The summed E-state index contributed by atoms with van der Waals surface area (Å²) in [6.45, 7) is 0. The average molecular weight is 288 g/mol. The first-order valence-corrected chi connectivity index (χ1v) is 8.62. The topological polar surface area (TPSA) is 9.23 Å². The van der Waals surface area contributed by atoms with Crippen molar-refractivity contribution in [1.29, 1.82) is 0 Å². The lowest BCUT2D eigenvalue weighted by Crippen LogP contribution is -2.20. The molecule has 1 saturated heterocycles. The van der Waals surface area contributed by atoms with Gasteiger partial charge in [0.1, 0.15) is 0 Å². The van der Waals surface area contributed by atoms with E-state index >= 15 is 0 Å². The molecule has 0 bridgehead atoms. The third kappa shape index (κ3) is 2.69. The van der Waals surface area contributed by atoms with Crippen LogP contribution in [0.5, 0.6) is 0 Å². The van der Waals surface area contributed by atoms with Crippen molar-refractivity contribution in [1.82, 2.24) is 0 Å². The van der Waals surface area contributed by atoms with Gasteiger partial charge in [-0.1, -0.05) is 82.3 Å². The summed E-state index contributed by atoms with van der Waals surface area (Å²) in [5.74, 6) is 0. The highest BCUT2D eigenvalue weighted by Crippen LogP contribution is 2.59. The predicted molar refractivity (Wildman–Crippen MR) is 84.3 cm³/mol. The van der Waals surface area contributed by atoms with E-state index in [1.54, 1.807) is 0 Å². The molecular formula is C16H16OS2. The second kappa shape index (κ2) is 6.04. The molecule has 0 aromatic heterocycles. The molecule has 2 aromatic carbocycles. The molecule has 0 saturated carbocycles. The van der Waals surface area contributed by atoms with Gasteiger partial charge in [-0.25, -0.2) is 0 Å². The molecule has 0 spiro atoms. The highest BCUT2D eigenvalue weighted by atomic mass is 33.1. The average Bonchev–Trinajstić information content (AvgIpc) is 2.93. The third-order valence-electron chi connectivity index (χ3n) is 3.39. The Morgan fingerprint density at radius 2 is 1.16 bits per heavy atom. The molecule has 0 amide bonds. The fourth-order valence-electron chi connectivity index (χ4n) is 2.41. The van der Waals surface area contributed by atoms with Gasteiger partial charge in [-0.05, 0) is 11.1 Å². The summed E-state index contributed by atoms with van der Waals surface area (Å²) in [5.41, 5.74) is 2.70. The number of benzene rings is 2. The van der Waals surface area contributed by atoms with Crippen LogP contribution in [0.3, 0.4) is 0 Å². The minimum atomic E-state index is 0.222. The Morgan fingerprint density at radius 3 is 1.53 bits per heavy atom. The SMILES string of the molecule is COC1C(c2ccccc2)SSC1c1ccccc1. The van der Waals surface area contributed by atoms with Crippen LogP contribution in [0, 0.1) is 0 Å². The van der Waals surface area contributed by atoms with E-state index in [-0.39, 0.29) is 6.10 Å². The predicted octanol–water partition coefficient (Wildman–Crippen LogP) is 4.88. The first-order valence-electron chi connectivity index (χ1n) is 6.35. The summed E-state index contributed by atoms with van der Waals surface area (Å²) < 4.78 is 5.80. The molecule has 3 rings (SSSR count). The van der Waals surface area contributed by atoms with Crippen molar-refractivity contribution in [2.45, 2.75) is 16.6 Å². The lowest BCUT2D eigenvalue weighted by Gasteiger charge is -2.22. The Bertz CT molecular complexity index is 467. The molecule has 19 heavy (non-hydrogen) atoms. The first-order chi connectivity index (χ1) is 9.40. The minimum Gasteiger partial charge on any atom is -0.378 e. The van der Waals surface area contributed by atoms with E-state index in [4.69, 9.17) is 4.74 Å². The van der Waals surface area contributed by atoms with Crippen LogP contribution in [0.2, 0.25) is 0 Å². The van der Waals surface area contributed by atoms with Gasteiger partial charge in [0.25, 0.3) is 0 Å². The molecule has 1 nitrogen and oxygen atoms in total. The van der Waals surface area contributed by atoms with Crippen LogP contribution in [0.25, 0.3) is 0 Å². The van der Waals surface area contributed by atoms with Crippen LogP contribution in [0.15, 0.2) is 60.7 Å². The van der Waals surface area contributed by atoms with Crippen LogP contribution >= 0.6 is 21.6 Å². The Morgan fingerprint density at radius 1 is 0.737 bits per heavy atom. The van der Waals surface area contributed by atoms with Crippen LogP contribution in [-0.2, 0) is 4.74 Å². The van der Waals surface area contributed by atoms with E-state index in [0.717, 1.165) is 0 Å². The zero-order valence-corrected chi connectivity index (χ0v) is 12.4. The fourth-order valence-corrected chi connectivity index (χ4v) is 6.08. The van der Waals surface area contributed by atoms with Gasteiger partial charge in [0.2, 0.25) is 0 Å². The minimum absolute atomic E-state index is 0.222. The maximum Gasteiger partial charge on any atom is 0.0906 e. The van der Waals surface area contributed by atoms with Crippen LogP contribution in [0.1, 0.15) is 21.6 Å². The summed E-state index contributed by atoms with van der Waals surface area (Å²) in [7, 11) is 5.67. The zero-order valence-electron chi connectivity index (χ0n) is 10.7. The Hall–Kier alpha value is -0.900. The van der Waals surface area contributed by atoms with Crippen LogP contribution < -0.4 is 0 Å². The Labute approximate surface area is 122 Å². The highest BCUT2D eigenvalue weighted by Gasteiger charge is 2.39. The quantitative estimate of drug-likeness (QED) is 0.745. The smallest absolute Gasteiger partial charge is 0.0906 e. The van der Waals surface area contributed by atoms with Crippen molar-refractivity contribution in [3.63, 3.8) is 0 Å². The molecule has 2 atom stereocenters. The summed E-state index contributed by atoms with van der Waals surface area (Å²) >= 11 is 0. The largest absolute Gasteiger partial charge is 0.378 e. The van der Waals surface area contributed by atoms with Crippen molar-refractivity contribution >= 4 is 21.6 Å². The Balaban J connectivity index is 1.87. The summed E-state index contributed by atoms with van der Waals surface area (Å²) in [4.78, 5) is 0. The second-order valence-electron chi connectivity index (χ2n) is 4.56. The monoisotopic (exact) mass is 288 g/mol. The Kier molecular flexibility index (Phi) is 4.16. The third-order valence-corrected chi connectivity index (χ3v) is 6.57. The van der Waals surface area contributed by atoms with Gasteiger partial charge in [-0.15, -0.1) is 0 Å². The van der Waals surface area contributed by atoms with E-state index in [1.165, 1.54) is 11.1 Å². The molecule has 3 heteroatoms. The van der Waals surface area contributed by atoms with Gasteiger partial charge >= 0.3 is 0 Å². The van der Waals surface area contributed by atoms with Gasteiger partial charge in [-0.2, -0.15) is 0 Å². The van der Waals surface area contributed by atoms with Gasteiger partial charge in [0.05, 0.1) is 16.6 Å². The van der Waals surface area contributed by atoms with Gasteiger partial charge < -0.3 is 4.74 Å². The summed E-state index contributed by atoms with van der Waals surface area (Å²) in [6, 6.07) is 21.3. The molecule has 0 N–H and O–H groups in total. The molecular weight excluding hydrogens is 272 g/mol. The van der Waals surface area contributed by atoms with E-state index in [0.29, 0.717) is 10.5 Å². The fraction of sp³-hybridized carbons (Fsp3) is 0.250. The first kappa shape index (κ1) is 13.1. The van der Waals surface area contributed by atoms with Crippen LogP contribution in [-0.4, -0.2) is 13.2 Å². The molecule has 98 valence electrons. The van der Waals surface area contributed by atoms with Gasteiger partial charge in [0.15, 0.2) is 0 Å². The second-order valence-corrected chi connectivity index (χ2v) is 7.11. The normalized spacial score (nSPS) is 26.5. The highest BCUT2D eigenvalue weighted by molar-refractivity contribution is 8.77.